The molecule has 0 bridgehead atoms. The van der Waals surface area contributed by atoms with Gasteiger partial charge in [-0.15, -0.1) is 11.3 Å². The average molecular weight is 444 g/mol. The molecule has 0 spiro atoms. The Balaban J connectivity index is 1.94. The minimum atomic E-state index is -0.731. The molecule has 0 radical (unpaired) electrons. The van der Waals surface area contributed by atoms with E-state index in [1.54, 1.807) is 48.5 Å². The number of rotatable bonds is 3. The lowest BCUT2D eigenvalue weighted by atomic mass is 9.98. The summed E-state index contributed by atoms with van der Waals surface area (Å²) in [6.45, 7) is 1.91. The standard InChI is InChI=1S/C22H15Cl2NO3S/c1-12-10-11-29-21(12)18-17(19(26)13-2-4-14(23)5-3-13)20(27)22(28)25(18)16-8-6-15(24)7-9-16/h2-11,18,26H,1H3/b19-17-. The second-order valence-electron chi connectivity index (χ2n) is 6.62. The third-order valence-corrected chi connectivity index (χ3v) is 6.39. The summed E-state index contributed by atoms with van der Waals surface area (Å²) >= 11 is 13.4. The van der Waals surface area contributed by atoms with Gasteiger partial charge < -0.3 is 5.11 Å². The number of benzene rings is 2. The first-order valence-electron chi connectivity index (χ1n) is 8.75. The molecule has 4 nitrogen and oxygen atoms in total. The van der Waals surface area contributed by atoms with Gasteiger partial charge in [0.25, 0.3) is 11.7 Å². The lowest BCUT2D eigenvalue weighted by Crippen LogP contribution is -2.29. The maximum absolute atomic E-state index is 13.0. The van der Waals surface area contributed by atoms with Gasteiger partial charge in [0.2, 0.25) is 0 Å². The predicted molar refractivity (Wildman–Crippen MR) is 117 cm³/mol. The lowest BCUT2D eigenvalue weighted by molar-refractivity contribution is -0.132. The summed E-state index contributed by atoms with van der Waals surface area (Å²) in [7, 11) is 0. The van der Waals surface area contributed by atoms with Crippen LogP contribution in [0.5, 0.6) is 0 Å². The Morgan fingerprint density at radius 2 is 1.55 bits per heavy atom. The Morgan fingerprint density at radius 1 is 0.966 bits per heavy atom. The number of nitrogens with zero attached hydrogens (tertiary/aromatic N) is 1. The van der Waals surface area contributed by atoms with Gasteiger partial charge in [0.1, 0.15) is 11.8 Å². The third kappa shape index (κ3) is 3.46. The molecule has 7 heteroatoms. The predicted octanol–water partition coefficient (Wildman–Crippen LogP) is 5.99. The van der Waals surface area contributed by atoms with Gasteiger partial charge in [0.15, 0.2) is 0 Å². The second-order valence-corrected chi connectivity index (χ2v) is 8.44. The van der Waals surface area contributed by atoms with Crippen LogP contribution in [0.2, 0.25) is 10.0 Å². The smallest absolute Gasteiger partial charge is 0.300 e. The molecule has 0 aliphatic carbocycles. The van der Waals surface area contributed by atoms with E-state index in [1.165, 1.54) is 16.2 Å². The number of ketones is 1. The monoisotopic (exact) mass is 443 g/mol. The first-order valence-corrected chi connectivity index (χ1v) is 10.4. The number of halogens is 2. The molecule has 1 aromatic heterocycles. The van der Waals surface area contributed by atoms with Crippen molar-refractivity contribution >= 4 is 57.7 Å². The maximum Gasteiger partial charge on any atom is 0.300 e. The molecular formula is C22H15Cl2NO3S. The molecule has 4 rings (SSSR count). The Labute approximate surface area is 181 Å². The van der Waals surface area contributed by atoms with Crippen LogP contribution in [0.3, 0.4) is 0 Å². The van der Waals surface area contributed by atoms with Crippen LogP contribution in [0.15, 0.2) is 65.6 Å². The van der Waals surface area contributed by atoms with E-state index in [0.29, 0.717) is 21.3 Å². The summed E-state index contributed by atoms with van der Waals surface area (Å²) in [6.07, 6.45) is 0. The Bertz CT molecular complexity index is 1130. The number of aliphatic hydroxyl groups is 1. The fraction of sp³-hybridized carbons (Fsp3) is 0.0909. The van der Waals surface area contributed by atoms with Crippen molar-refractivity contribution in [1.82, 2.24) is 0 Å². The molecule has 1 saturated heterocycles. The molecule has 1 atom stereocenters. The molecular weight excluding hydrogens is 429 g/mol. The van der Waals surface area contributed by atoms with Crippen molar-refractivity contribution in [2.75, 3.05) is 4.90 Å². The van der Waals surface area contributed by atoms with Gasteiger partial charge in [-0.1, -0.05) is 23.2 Å². The zero-order chi connectivity index (χ0) is 20.7. The first kappa shape index (κ1) is 19.7. The van der Waals surface area contributed by atoms with Crippen molar-refractivity contribution < 1.29 is 14.7 Å². The summed E-state index contributed by atoms with van der Waals surface area (Å²) in [5, 5.41) is 13.9. The quantitative estimate of drug-likeness (QED) is 0.307. The molecule has 2 aromatic carbocycles. The topological polar surface area (TPSA) is 57.6 Å². The fourth-order valence-electron chi connectivity index (χ4n) is 3.38. The number of Topliss-reactive ketones (excluding diaryl/α,β-unsaturated/α-hetero) is 1. The zero-order valence-corrected chi connectivity index (χ0v) is 17.6. The maximum atomic E-state index is 13.0. The highest BCUT2D eigenvalue weighted by Crippen LogP contribution is 2.44. The number of aryl methyl sites for hydroxylation is 1. The van der Waals surface area contributed by atoms with E-state index in [0.717, 1.165) is 10.4 Å². The van der Waals surface area contributed by atoms with Gasteiger partial charge in [-0.05, 0) is 72.5 Å². The van der Waals surface area contributed by atoms with Crippen molar-refractivity contribution in [2.24, 2.45) is 0 Å². The van der Waals surface area contributed by atoms with Crippen molar-refractivity contribution in [3.8, 4) is 0 Å². The SMILES string of the molecule is Cc1ccsc1C1/C(=C(/O)c2ccc(Cl)cc2)C(=O)C(=O)N1c1ccc(Cl)cc1. The number of hydrogen-bond donors (Lipinski definition) is 1. The third-order valence-electron chi connectivity index (χ3n) is 4.82. The number of hydrogen-bond acceptors (Lipinski definition) is 4. The first-order chi connectivity index (χ1) is 13.9. The molecule has 146 valence electrons. The van der Waals surface area contributed by atoms with Crippen molar-refractivity contribution in [3.05, 3.63) is 91.6 Å². The fourth-order valence-corrected chi connectivity index (χ4v) is 4.65. The van der Waals surface area contributed by atoms with Crippen LogP contribution in [-0.2, 0) is 9.59 Å². The number of amides is 1. The molecule has 0 saturated carbocycles. The number of anilines is 1. The molecule has 1 amide bonds. The van der Waals surface area contributed by atoms with Gasteiger partial charge in [0, 0.05) is 26.2 Å². The van der Waals surface area contributed by atoms with Crippen LogP contribution in [0.4, 0.5) is 5.69 Å². The number of carbonyl (C=O) groups excluding carboxylic acids is 2. The van der Waals surface area contributed by atoms with Gasteiger partial charge in [-0.25, -0.2) is 0 Å². The van der Waals surface area contributed by atoms with E-state index in [2.05, 4.69) is 0 Å². The molecule has 3 aromatic rings. The lowest BCUT2D eigenvalue weighted by Gasteiger charge is -2.25. The molecule has 2 heterocycles. The Morgan fingerprint density at radius 3 is 2.10 bits per heavy atom. The van der Waals surface area contributed by atoms with Crippen LogP contribution in [-0.4, -0.2) is 16.8 Å². The van der Waals surface area contributed by atoms with Crippen molar-refractivity contribution in [1.29, 1.82) is 0 Å². The summed E-state index contributed by atoms with van der Waals surface area (Å²) in [5.74, 6) is -1.65. The minimum Gasteiger partial charge on any atom is -0.507 e. The second kappa shape index (κ2) is 7.67. The van der Waals surface area contributed by atoms with Gasteiger partial charge >= 0.3 is 0 Å². The van der Waals surface area contributed by atoms with Crippen LogP contribution in [0, 0.1) is 6.92 Å². The average Bonchev–Trinajstić information content (AvgIpc) is 3.24. The summed E-state index contributed by atoms with van der Waals surface area (Å²) in [6, 6.07) is 14.4. The normalized spacial score (nSPS) is 18.4. The van der Waals surface area contributed by atoms with Crippen LogP contribution in [0.25, 0.3) is 5.76 Å². The number of aliphatic hydroxyl groups excluding tert-OH is 1. The highest BCUT2D eigenvalue weighted by Gasteiger charge is 2.47. The Kier molecular flexibility index (Phi) is 5.21. The highest BCUT2D eigenvalue weighted by molar-refractivity contribution is 7.10. The molecule has 1 aliphatic heterocycles. The van der Waals surface area contributed by atoms with Crippen molar-refractivity contribution in [3.63, 3.8) is 0 Å². The van der Waals surface area contributed by atoms with Crippen LogP contribution in [0.1, 0.15) is 22.0 Å². The summed E-state index contributed by atoms with van der Waals surface area (Å²) in [5.41, 5.74) is 1.94. The van der Waals surface area contributed by atoms with Crippen LogP contribution < -0.4 is 4.90 Å². The van der Waals surface area contributed by atoms with Gasteiger partial charge in [-0.2, -0.15) is 0 Å². The molecule has 29 heavy (non-hydrogen) atoms. The van der Waals surface area contributed by atoms with E-state index in [4.69, 9.17) is 23.2 Å². The summed E-state index contributed by atoms with van der Waals surface area (Å²) < 4.78 is 0. The molecule has 1 N–H and O–H groups in total. The summed E-state index contributed by atoms with van der Waals surface area (Å²) in [4.78, 5) is 28.2. The highest BCUT2D eigenvalue weighted by atomic mass is 35.5. The largest absolute Gasteiger partial charge is 0.507 e. The minimum absolute atomic E-state index is 0.0535. The van der Waals surface area contributed by atoms with E-state index in [9.17, 15) is 14.7 Å². The van der Waals surface area contributed by atoms with Crippen LogP contribution >= 0.6 is 34.5 Å². The zero-order valence-electron chi connectivity index (χ0n) is 15.2. The van der Waals surface area contributed by atoms with E-state index in [1.807, 2.05) is 18.4 Å². The molecule has 1 fully saturated rings. The van der Waals surface area contributed by atoms with E-state index < -0.39 is 17.7 Å². The molecule has 1 unspecified atom stereocenters. The number of carbonyl (C=O) groups is 2. The van der Waals surface area contributed by atoms with E-state index >= 15 is 0 Å². The van der Waals surface area contributed by atoms with Gasteiger partial charge in [0.05, 0.1) is 5.57 Å². The Hall–Kier alpha value is -2.60. The number of thiophene rings is 1. The van der Waals surface area contributed by atoms with Gasteiger partial charge in [-0.3, -0.25) is 14.5 Å². The molecule has 1 aliphatic rings. The van der Waals surface area contributed by atoms with E-state index in [-0.39, 0.29) is 11.3 Å². The van der Waals surface area contributed by atoms with Crippen molar-refractivity contribution in [2.45, 2.75) is 13.0 Å².